The molecule has 2 N–H and O–H groups in total. The maximum atomic E-state index is 12.9. The fourth-order valence-corrected chi connectivity index (χ4v) is 2.92. The zero-order valence-corrected chi connectivity index (χ0v) is 15.5. The van der Waals surface area contributed by atoms with Crippen molar-refractivity contribution in [2.24, 2.45) is 0 Å². The smallest absolute Gasteiger partial charge is 0.384 e. The van der Waals surface area contributed by atoms with Crippen molar-refractivity contribution < 1.29 is 23.1 Å². The molecule has 2 aromatic rings. The minimum atomic E-state index is -4.45. The zero-order valence-electron chi connectivity index (χ0n) is 15.5. The van der Waals surface area contributed by atoms with E-state index >= 15 is 0 Å². The minimum Gasteiger partial charge on any atom is -0.384 e. The van der Waals surface area contributed by atoms with Gasteiger partial charge in [-0.25, -0.2) is 0 Å². The van der Waals surface area contributed by atoms with Gasteiger partial charge in [-0.2, -0.15) is 13.2 Å². The summed E-state index contributed by atoms with van der Waals surface area (Å²) >= 11 is 0. The van der Waals surface area contributed by atoms with E-state index in [1.807, 2.05) is 4.90 Å². The summed E-state index contributed by atoms with van der Waals surface area (Å²) in [6, 6.07) is 11.8. The van der Waals surface area contributed by atoms with Gasteiger partial charge in [0.25, 0.3) is 5.91 Å². The van der Waals surface area contributed by atoms with Crippen molar-refractivity contribution in [2.45, 2.75) is 25.2 Å². The molecule has 2 rings (SSSR count). The van der Waals surface area contributed by atoms with Crippen LogP contribution < -0.4 is 5.32 Å². The molecule has 146 valence electrons. The first-order valence-electron chi connectivity index (χ1n) is 8.42. The van der Waals surface area contributed by atoms with E-state index in [9.17, 15) is 23.1 Å². The van der Waals surface area contributed by atoms with E-state index in [4.69, 9.17) is 0 Å². The number of alkyl halides is 3. The molecule has 1 unspecified atom stereocenters. The minimum absolute atomic E-state index is 0.144. The molecule has 0 aliphatic rings. The van der Waals surface area contributed by atoms with Crippen LogP contribution in [0.15, 0.2) is 48.5 Å². The summed E-state index contributed by atoms with van der Waals surface area (Å²) in [5.41, 5.74) is -0.561. The second-order valence-electron chi connectivity index (χ2n) is 6.80. The summed E-state index contributed by atoms with van der Waals surface area (Å²) in [4.78, 5) is 13.4. The van der Waals surface area contributed by atoms with Crippen molar-refractivity contribution in [3.63, 3.8) is 0 Å². The molecule has 0 spiro atoms. The van der Waals surface area contributed by atoms with Crippen molar-refractivity contribution in [3.05, 3.63) is 70.8 Å². The first-order chi connectivity index (χ1) is 12.5. The number of amides is 1. The first-order valence-corrected chi connectivity index (χ1v) is 8.42. The second kappa shape index (κ2) is 8.10. The fourth-order valence-electron chi connectivity index (χ4n) is 2.92. The Kier molecular flexibility index (Phi) is 6.28. The molecule has 0 fully saturated rings. The van der Waals surface area contributed by atoms with Crippen LogP contribution in [0, 0.1) is 0 Å². The Bertz CT molecular complexity index is 787. The van der Waals surface area contributed by atoms with Crippen molar-refractivity contribution in [1.29, 1.82) is 0 Å². The van der Waals surface area contributed by atoms with Gasteiger partial charge in [0.2, 0.25) is 0 Å². The van der Waals surface area contributed by atoms with Crippen LogP contribution in [0.5, 0.6) is 0 Å². The van der Waals surface area contributed by atoms with E-state index in [0.717, 1.165) is 17.7 Å². The van der Waals surface area contributed by atoms with Gasteiger partial charge < -0.3 is 10.4 Å². The van der Waals surface area contributed by atoms with Gasteiger partial charge in [-0.3, -0.25) is 9.69 Å². The summed E-state index contributed by atoms with van der Waals surface area (Å²) in [5, 5.41) is 13.3. The third kappa shape index (κ3) is 5.55. The molecule has 0 saturated carbocycles. The number of rotatable bonds is 6. The molecule has 2 aromatic carbocycles. The molecular weight excluding hydrogens is 357 g/mol. The molecule has 0 aliphatic heterocycles. The van der Waals surface area contributed by atoms with Crippen molar-refractivity contribution in [1.82, 2.24) is 10.2 Å². The number of carbonyl (C=O) groups excluding carboxylic acids is 1. The quantitative estimate of drug-likeness (QED) is 0.808. The Balaban J connectivity index is 2.07. The number of benzene rings is 2. The molecule has 0 heterocycles. The lowest BCUT2D eigenvalue weighted by molar-refractivity contribution is -0.137. The van der Waals surface area contributed by atoms with Gasteiger partial charge in [0.15, 0.2) is 0 Å². The lowest BCUT2D eigenvalue weighted by atomic mass is 9.93. The molecule has 0 bridgehead atoms. The van der Waals surface area contributed by atoms with Crippen LogP contribution >= 0.6 is 0 Å². The van der Waals surface area contributed by atoms with Gasteiger partial charge in [0.05, 0.1) is 11.2 Å². The Labute approximate surface area is 156 Å². The summed E-state index contributed by atoms with van der Waals surface area (Å²) in [7, 11) is 3.33. The highest BCUT2D eigenvalue weighted by Gasteiger charge is 2.33. The molecule has 0 aliphatic carbocycles. The van der Waals surface area contributed by atoms with Gasteiger partial charge in [0, 0.05) is 25.7 Å². The van der Waals surface area contributed by atoms with Crippen LogP contribution in [0.25, 0.3) is 0 Å². The number of hydrogen-bond acceptors (Lipinski definition) is 3. The maximum Gasteiger partial charge on any atom is 0.416 e. The number of hydrogen-bond donors (Lipinski definition) is 2. The van der Waals surface area contributed by atoms with E-state index in [1.54, 1.807) is 38.4 Å². The zero-order chi connectivity index (χ0) is 20.2. The number of nitrogens with one attached hydrogen (secondary N) is 1. The average molecular weight is 380 g/mol. The summed E-state index contributed by atoms with van der Waals surface area (Å²) in [5.74, 6) is -0.178. The van der Waals surface area contributed by atoms with Crippen molar-refractivity contribution >= 4 is 5.91 Å². The lowest BCUT2D eigenvalue weighted by Crippen LogP contribution is -2.36. The van der Waals surface area contributed by atoms with Crippen LogP contribution in [0.2, 0.25) is 0 Å². The number of aliphatic hydroxyl groups is 1. The van der Waals surface area contributed by atoms with E-state index in [-0.39, 0.29) is 18.0 Å². The van der Waals surface area contributed by atoms with Crippen LogP contribution in [-0.4, -0.2) is 36.6 Å². The predicted molar refractivity (Wildman–Crippen MR) is 97.2 cm³/mol. The average Bonchev–Trinajstić information content (AvgIpc) is 2.60. The second-order valence-corrected chi connectivity index (χ2v) is 6.80. The molecule has 4 nitrogen and oxygen atoms in total. The Morgan fingerprint density at radius 2 is 1.70 bits per heavy atom. The van der Waals surface area contributed by atoms with Crippen LogP contribution in [0.1, 0.15) is 34.0 Å². The molecular formula is C20H23F3N2O2. The largest absolute Gasteiger partial charge is 0.416 e. The van der Waals surface area contributed by atoms with E-state index in [0.29, 0.717) is 12.1 Å². The highest BCUT2D eigenvalue weighted by atomic mass is 19.4. The van der Waals surface area contributed by atoms with Crippen molar-refractivity contribution in [3.8, 4) is 0 Å². The topological polar surface area (TPSA) is 52.6 Å². The summed E-state index contributed by atoms with van der Waals surface area (Å²) < 4.78 is 38.7. The molecule has 7 heteroatoms. The monoisotopic (exact) mass is 380 g/mol. The molecule has 0 aromatic heterocycles. The van der Waals surface area contributed by atoms with Crippen LogP contribution in [-0.2, 0) is 18.3 Å². The number of halogens is 3. The number of carbonyl (C=O) groups is 1. The maximum absolute atomic E-state index is 12.9. The Morgan fingerprint density at radius 3 is 2.26 bits per heavy atom. The number of likely N-dealkylation sites (N-methyl/N-ethyl adjacent to an activating group) is 1. The van der Waals surface area contributed by atoms with Gasteiger partial charge in [-0.1, -0.05) is 24.3 Å². The summed E-state index contributed by atoms with van der Waals surface area (Å²) in [6.07, 6.45) is -4.45. The normalized spacial score (nSPS) is 14.1. The van der Waals surface area contributed by atoms with Gasteiger partial charge >= 0.3 is 6.18 Å². The third-order valence-electron chi connectivity index (χ3n) is 4.29. The van der Waals surface area contributed by atoms with E-state index in [1.165, 1.54) is 19.1 Å². The molecule has 27 heavy (non-hydrogen) atoms. The lowest BCUT2D eigenvalue weighted by Gasteiger charge is -2.30. The van der Waals surface area contributed by atoms with Gasteiger partial charge in [-0.05, 0) is 49.4 Å². The highest BCUT2D eigenvalue weighted by molar-refractivity contribution is 5.93. The highest BCUT2D eigenvalue weighted by Crippen LogP contribution is 2.32. The standard InChI is InChI=1S/C20H23F3N2O2/c1-19(27,16-5-4-6-17(11-16)20(21,22)23)13-25(3)12-14-7-9-15(10-8-14)18(26)24-2/h4-11,27H,12-13H2,1-3H3,(H,24,26). The van der Waals surface area contributed by atoms with Crippen LogP contribution in [0.4, 0.5) is 13.2 Å². The molecule has 0 radical (unpaired) electrons. The number of nitrogens with zero attached hydrogens (tertiary/aromatic N) is 1. The van der Waals surface area contributed by atoms with E-state index in [2.05, 4.69) is 5.32 Å². The van der Waals surface area contributed by atoms with Gasteiger partial charge in [0.1, 0.15) is 0 Å². The fraction of sp³-hybridized carbons (Fsp3) is 0.350. The first kappa shape index (κ1) is 20.9. The van der Waals surface area contributed by atoms with Gasteiger partial charge in [-0.15, -0.1) is 0 Å². The SMILES string of the molecule is CNC(=O)c1ccc(CN(C)CC(C)(O)c2cccc(C(F)(F)F)c2)cc1. The third-order valence-corrected chi connectivity index (χ3v) is 4.29. The summed E-state index contributed by atoms with van der Waals surface area (Å²) in [6.45, 7) is 2.11. The predicted octanol–water partition coefficient (Wildman–Crippen LogP) is 3.40. The van der Waals surface area contributed by atoms with Crippen molar-refractivity contribution in [2.75, 3.05) is 20.6 Å². The molecule has 1 amide bonds. The Hall–Kier alpha value is -2.38. The Morgan fingerprint density at radius 1 is 1.11 bits per heavy atom. The molecule has 0 saturated heterocycles. The van der Waals surface area contributed by atoms with Crippen LogP contribution in [0.3, 0.4) is 0 Å². The molecule has 1 atom stereocenters. The van der Waals surface area contributed by atoms with E-state index < -0.39 is 17.3 Å².